The van der Waals surface area contributed by atoms with Crippen molar-refractivity contribution in [3.05, 3.63) is 126 Å². The molecule has 0 saturated heterocycles. The molecule has 1 aromatic heterocycles. The minimum absolute atomic E-state index is 0.0883. The fourth-order valence-corrected chi connectivity index (χ4v) is 5.50. The number of carbonyl (C=O) groups is 1. The zero-order valence-corrected chi connectivity index (χ0v) is 20.0. The lowest BCUT2D eigenvalue weighted by Crippen LogP contribution is -2.17. The molecule has 36 heavy (non-hydrogen) atoms. The van der Waals surface area contributed by atoms with Gasteiger partial charge < -0.3 is 9.47 Å². The number of hydrogen-bond donors (Lipinski definition) is 0. The molecule has 2 heterocycles. The van der Waals surface area contributed by atoms with E-state index in [0.717, 1.165) is 27.8 Å². The molecule has 1 aliphatic heterocycles. The van der Waals surface area contributed by atoms with E-state index in [9.17, 15) is 4.79 Å². The molecule has 0 radical (unpaired) electrons. The summed E-state index contributed by atoms with van der Waals surface area (Å²) in [6.07, 6.45) is 0. The predicted molar refractivity (Wildman–Crippen MR) is 147 cm³/mol. The second kappa shape index (κ2) is 7.96. The third-order valence-electron chi connectivity index (χ3n) is 7.32. The highest BCUT2D eigenvalue weighted by atomic mass is 16.2. The maximum atomic E-state index is 12.8. The Balaban J connectivity index is 1.51. The van der Waals surface area contributed by atoms with E-state index in [0.29, 0.717) is 6.54 Å². The molecule has 3 nitrogen and oxygen atoms in total. The summed E-state index contributed by atoms with van der Waals surface area (Å²) in [6, 6.07) is 40.7. The lowest BCUT2D eigenvalue weighted by molar-refractivity contribution is 0.0816. The summed E-state index contributed by atoms with van der Waals surface area (Å²) in [5.41, 5.74) is 9.95. The molecule has 0 saturated carbocycles. The van der Waals surface area contributed by atoms with Gasteiger partial charge in [0.2, 0.25) is 0 Å². The van der Waals surface area contributed by atoms with Crippen molar-refractivity contribution in [3.8, 4) is 27.9 Å². The maximum Gasteiger partial charge on any atom is 0.254 e. The predicted octanol–water partition coefficient (Wildman–Crippen LogP) is 7.70. The van der Waals surface area contributed by atoms with Crippen LogP contribution in [0.1, 0.15) is 15.9 Å². The number of benzene rings is 5. The zero-order chi connectivity index (χ0) is 24.2. The van der Waals surface area contributed by atoms with Crippen LogP contribution in [0.2, 0.25) is 0 Å². The van der Waals surface area contributed by atoms with Crippen LogP contribution < -0.4 is 0 Å². The second-order valence-electron chi connectivity index (χ2n) is 9.53. The van der Waals surface area contributed by atoms with E-state index in [-0.39, 0.29) is 5.91 Å². The largest absolute Gasteiger partial charge is 0.337 e. The Hall–Kier alpha value is -4.63. The van der Waals surface area contributed by atoms with Gasteiger partial charge in [-0.1, -0.05) is 78.9 Å². The Kier molecular flexibility index (Phi) is 4.58. The summed E-state index contributed by atoms with van der Waals surface area (Å²) in [6.45, 7) is 0.669. The van der Waals surface area contributed by atoms with Crippen molar-refractivity contribution in [1.82, 2.24) is 9.47 Å². The van der Waals surface area contributed by atoms with Crippen molar-refractivity contribution >= 4 is 27.7 Å². The van der Waals surface area contributed by atoms with Gasteiger partial charge in [0.25, 0.3) is 5.91 Å². The summed E-state index contributed by atoms with van der Waals surface area (Å²) in [7, 11) is 1.86. The summed E-state index contributed by atoms with van der Waals surface area (Å²) >= 11 is 0. The molecule has 5 aromatic carbocycles. The Morgan fingerprint density at radius 1 is 0.583 bits per heavy atom. The van der Waals surface area contributed by atoms with E-state index < -0.39 is 0 Å². The van der Waals surface area contributed by atoms with Crippen LogP contribution in [-0.2, 0) is 6.54 Å². The smallest absolute Gasteiger partial charge is 0.254 e. The van der Waals surface area contributed by atoms with Crippen molar-refractivity contribution in [2.24, 2.45) is 0 Å². The fraction of sp³-hybridized carbons (Fsp3) is 0.0606. The molecule has 1 amide bonds. The molecule has 0 bridgehead atoms. The minimum Gasteiger partial charge on any atom is -0.337 e. The quantitative estimate of drug-likeness (QED) is 0.263. The number of nitrogens with zero attached hydrogens (tertiary/aromatic N) is 2. The average molecular weight is 465 g/mol. The van der Waals surface area contributed by atoms with Crippen LogP contribution in [-0.4, -0.2) is 22.4 Å². The molecule has 3 heteroatoms. The highest BCUT2D eigenvalue weighted by Gasteiger charge is 2.25. The van der Waals surface area contributed by atoms with E-state index in [2.05, 4.69) is 108 Å². The lowest BCUT2D eigenvalue weighted by atomic mass is 10.0. The third-order valence-corrected chi connectivity index (χ3v) is 7.32. The van der Waals surface area contributed by atoms with Gasteiger partial charge in [0.1, 0.15) is 0 Å². The Morgan fingerprint density at radius 2 is 1.14 bits per heavy atom. The molecule has 7 rings (SSSR count). The Bertz CT molecular complexity index is 1690. The van der Waals surface area contributed by atoms with E-state index in [1.54, 1.807) is 4.90 Å². The first-order valence-corrected chi connectivity index (χ1v) is 12.3. The first kappa shape index (κ1) is 20.7. The molecule has 0 fully saturated rings. The van der Waals surface area contributed by atoms with Crippen LogP contribution >= 0.6 is 0 Å². The fourth-order valence-electron chi connectivity index (χ4n) is 5.50. The van der Waals surface area contributed by atoms with Gasteiger partial charge in [-0.25, -0.2) is 0 Å². The van der Waals surface area contributed by atoms with Crippen LogP contribution in [0.3, 0.4) is 0 Å². The summed E-state index contributed by atoms with van der Waals surface area (Å²) in [5, 5.41) is 2.40. The van der Waals surface area contributed by atoms with Gasteiger partial charge in [0, 0.05) is 35.6 Å². The maximum absolute atomic E-state index is 12.8. The topological polar surface area (TPSA) is 25.2 Å². The van der Waals surface area contributed by atoms with Crippen molar-refractivity contribution in [1.29, 1.82) is 0 Å². The number of hydrogen-bond acceptors (Lipinski definition) is 1. The molecule has 0 atom stereocenters. The van der Waals surface area contributed by atoms with Crippen LogP contribution in [0.15, 0.2) is 115 Å². The standard InChI is InChI=1S/C33H24N2O/c1-34-21-26-12-15-27(20-28(26)33(34)36)35-31-16-13-24(22-8-4-2-5-9-22)18-29(31)30-19-25(14-17-32(30)35)23-10-6-3-7-11-23/h2-20H,21H2,1H3. The second-order valence-corrected chi connectivity index (χ2v) is 9.53. The first-order valence-electron chi connectivity index (χ1n) is 12.3. The molecule has 6 aromatic rings. The van der Waals surface area contributed by atoms with Crippen molar-refractivity contribution in [3.63, 3.8) is 0 Å². The molecule has 172 valence electrons. The molecule has 0 unspecified atom stereocenters. The zero-order valence-electron chi connectivity index (χ0n) is 20.0. The third kappa shape index (κ3) is 3.17. The minimum atomic E-state index is 0.0883. The van der Waals surface area contributed by atoms with Crippen molar-refractivity contribution < 1.29 is 4.79 Å². The summed E-state index contributed by atoms with van der Waals surface area (Å²) in [5.74, 6) is 0.0883. The van der Waals surface area contributed by atoms with Gasteiger partial charge in [0.15, 0.2) is 0 Å². The normalized spacial score (nSPS) is 13.0. The Labute approximate surface area is 209 Å². The van der Waals surface area contributed by atoms with Gasteiger partial charge in [-0.15, -0.1) is 0 Å². The van der Waals surface area contributed by atoms with Crippen molar-refractivity contribution in [2.75, 3.05) is 7.05 Å². The van der Waals surface area contributed by atoms with Crippen LogP contribution in [0, 0.1) is 0 Å². The number of aromatic nitrogens is 1. The van der Waals surface area contributed by atoms with E-state index >= 15 is 0 Å². The molecule has 1 aliphatic rings. The lowest BCUT2D eigenvalue weighted by Gasteiger charge is -2.10. The van der Waals surface area contributed by atoms with Gasteiger partial charge in [-0.2, -0.15) is 0 Å². The van der Waals surface area contributed by atoms with E-state index in [1.807, 2.05) is 19.2 Å². The summed E-state index contributed by atoms with van der Waals surface area (Å²) in [4.78, 5) is 14.5. The highest BCUT2D eigenvalue weighted by Crippen LogP contribution is 2.38. The number of rotatable bonds is 3. The number of amides is 1. The number of fused-ring (bicyclic) bond motifs is 4. The summed E-state index contributed by atoms with van der Waals surface area (Å²) < 4.78 is 2.29. The molecular formula is C33H24N2O. The van der Waals surface area contributed by atoms with Gasteiger partial charge in [0.05, 0.1) is 11.0 Å². The molecule has 0 N–H and O–H groups in total. The number of carbonyl (C=O) groups excluding carboxylic acids is 1. The average Bonchev–Trinajstić information content (AvgIpc) is 3.41. The van der Waals surface area contributed by atoms with Crippen LogP contribution in [0.25, 0.3) is 49.7 Å². The highest BCUT2D eigenvalue weighted by molar-refractivity contribution is 6.12. The van der Waals surface area contributed by atoms with Crippen LogP contribution in [0.5, 0.6) is 0 Å². The van der Waals surface area contributed by atoms with Gasteiger partial charge in [-0.3, -0.25) is 4.79 Å². The molecule has 0 aliphatic carbocycles. The van der Waals surface area contributed by atoms with E-state index in [4.69, 9.17) is 0 Å². The molecule has 0 spiro atoms. The van der Waals surface area contributed by atoms with Crippen LogP contribution in [0.4, 0.5) is 0 Å². The monoisotopic (exact) mass is 464 g/mol. The Morgan fingerprint density at radius 3 is 1.69 bits per heavy atom. The molecular weight excluding hydrogens is 440 g/mol. The van der Waals surface area contributed by atoms with Gasteiger partial charge in [-0.05, 0) is 64.2 Å². The van der Waals surface area contributed by atoms with Gasteiger partial charge >= 0.3 is 0 Å². The SMILES string of the molecule is CN1Cc2ccc(-n3c4ccc(-c5ccccc5)cc4c4cc(-c5ccccc5)ccc43)cc2C1=O. The van der Waals surface area contributed by atoms with E-state index in [1.165, 1.54) is 33.0 Å². The first-order chi connectivity index (χ1) is 17.7. The van der Waals surface area contributed by atoms with Crippen molar-refractivity contribution in [2.45, 2.75) is 6.54 Å².